The highest BCUT2D eigenvalue weighted by Gasteiger charge is 2.37. The number of anilines is 1. The van der Waals surface area contributed by atoms with Crippen LogP contribution < -0.4 is 4.90 Å². The van der Waals surface area contributed by atoms with Crippen molar-refractivity contribution in [2.45, 2.75) is 46.2 Å². The number of carbonyl (C=O) groups is 2. The van der Waals surface area contributed by atoms with Crippen molar-refractivity contribution in [3.05, 3.63) is 119 Å². The number of aromatic nitrogens is 1. The SMILES string of the molecule is CCc1ccc(C(=O)N(CC(=O)N2c3ccccc3-n3cccc3C2c2ccc(C)cc2)C(C)C)cc1. The topological polar surface area (TPSA) is 45.6 Å². The Kier molecular flexibility index (Phi) is 6.70. The zero-order chi connectivity index (χ0) is 26.1. The third-order valence-corrected chi connectivity index (χ3v) is 7.18. The standard InChI is InChI=1S/C32H33N3O2/c1-5-24-14-18-26(19-15-24)32(37)34(22(2)3)21-30(36)35-28-10-7-6-9-27(28)33-20-8-11-29(33)31(35)25-16-12-23(4)13-17-25/h6-20,22,31H,5,21H2,1-4H3. The van der Waals surface area contributed by atoms with Crippen LogP contribution in [0.25, 0.3) is 5.69 Å². The van der Waals surface area contributed by atoms with Gasteiger partial charge in [0.2, 0.25) is 5.91 Å². The number of nitrogens with zero attached hydrogens (tertiary/aromatic N) is 3. The van der Waals surface area contributed by atoms with Gasteiger partial charge in [-0.2, -0.15) is 0 Å². The number of rotatable bonds is 6. The summed E-state index contributed by atoms with van der Waals surface area (Å²) in [5.41, 5.74) is 6.79. The molecular weight excluding hydrogens is 458 g/mol. The minimum atomic E-state index is -0.300. The van der Waals surface area contributed by atoms with E-state index in [4.69, 9.17) is 0 Å². The molecule has 0 radical (unpaired) electrons. The Hall–Kier alpha value is -4.12. The van der Waals surface area contributed by atoms with Gasteiger partial charge in [-0.1, -0.05) is 61.0 Å². The molecule has 0 bridgehead atoms. The molecule has 1 unspecified atom stereocenters. The zero-order valence-electron chi connectivity index (χ0n) is 21.9. The molecule has 5 heteroatoms. The highest BCUT2D eigenvalue weighted by molar-refractivity contribution is 6.02. The van der Waals surface area contributed by atoms with E-state index in [1.54, 1.807) is 4.90 Å². The first-order chi connectivity index (χ1) is 17.9. The molecule has 188 valence electrons. The Morgan fingerprint density at radius 3 is 2.19 bits per heavy atom. The minimum absolute atomic E-state index is 0.0105. The van der Waals surface area contributed by atoms with Gasteiger partial charge in [0, 0.05) is 17.8 Å². The number of carbonyl (C=O) groups excluding carboxylic acids is 2. The van der Waals surface area contributed by atoms with Crippen molar-refractivity contribution < 1.29 is 9.59 Å². The van der Waals surface area contributed by atoms with Crippen LogP contribution in [0, 0.1) is 6.92 Å². The number of aryl methyl sites for hydroxylation is 2. The van der Waals surface area contributed by atoms with Crippen molar-refractivity contribution in [1.82, 2.24) is 9.47 Å². The van der Waals surface area contributed by atoms with Gasteiger partial charge in [-0.3, -0.25) is 14.5 Å². The van der Waals surface area contributed by atoms with Crippen molar-refractivity contribution in [1.29, 1.82) is 0 Å². The highest BCUT2D eigenvalue weighted by Crippen LogP contribution is 2.42. The van der Waals surface area contributed by atoms with Gasteiger partial charge in [-0.05, 0) is 74.7 Å². The van der Waals surface area contributed by atoms with Crippen molar-refractivity contribution >= 4 is 17.5 Å². The molecular formula is C32H33N3O2. The quantitative estimate of drug-likeness (QED) is 0.316. The first-order valence-corrected chi connectivity index (χ1v) is 12.9. The second-order valence-electron chi connectivity index (χ2n) is 9.95. The first kappa shape index (κ1) is 24.6. The van der Waals surface area contributed by atoms with E-state index in [0.717, 1.165) is 29.1 Å². The zero-order valence-corrected chi connectivity index (χ0v) is 21.9. The van der Waals surface area contributed by atoms with E-state index in [2.05, 4.69) is 48.7 Å². The monoisotopic (exact) mass is 491 g/mol. The van der Waals surface area contributed by atoms with Gasteiger partial charge in [0.1, 0.15) is 12.6 Å². The second-order valence-corrected chi connectivity index (χ2v) is 9.95. The van der Waals surface area contributed by atoms with Crippen LogP contribution in [0.1, 0.15) is 59.6 Å². The fourth-order valence-corrected chi connectivity index (χ4v) is 5.09. The normalized spacial score (nSPS) is 14.3. The molecule has 0 saturated heterocycles. The number of fused-ring (bicyclic) bond motifs is 3. The van der Waals surface area contributed by atoms with Crippen LogP contribution in [-0.4, -0.2) is 33.9 Å². The smallest absolute Gasteiger partial charge is 0.254 e. The third-order valence-electron chi connectivity index (χ3n) is 7.18. The molecule has 0 fully saturated rings. The predicted octanol–water partition coefficient (Wildman–Crippen LogP) is 6.33. The molecule has 1 aliphatic rings. The number of para-hydroxylation sites is 2. The van der Waals surface area contributed by atoms with E-state index in [1.807, 2.05) is 79.5 Å². The van der Waals surface area contributed by atoms with Gasteiger partial charge in [0.05, 0.1) is 17.1 Å². The summed E-state index contributed by atoms with van der Waals surface area (Å²) in [5.74, 6) is -0.246. The first-order valence-electron chi connectivity index (χ1n) is 12.9. The maximum Gasteiger partial charge on any atom is 0.254 e. The largest absolute Gasteiger partial charge is 0.327 e. The fourth-order valence-electron chi connectivity index (χ4n) is 5.09. The summed E-state index contributed by atoms with van der Waals surface area (Å²) in [6.07, 6.45) is 2.96. The van der Waals surface area contributed by atoms with Crippen molar-refractivity contribution in [2.75, 3.05) is 11.4 Å². The molecule has 1 aliphatic heterocycles. The molecule has 2 heterocycles. The number of benzene rings is 3. The Labute approximate surface area is 219 Å². The van der Waals surface area contributed by atoms with Gasteiger partial charge >= 0.3 is 0 Å². The van der Waals surface area contributed by atoms with Crippen molar-refractivity contribution in [2.24, 2.45) is 0 Å². The molecule has 0 saturated carbocycles. The summed E-state index contributed by atoms with van der Waals surface area (Å²) in [6, 6.07) is 27.6. The van der Waals surface area contributed by atoms with Crippen LogP contribution in [-0.2, 0) is 11.2 Å². The lowest BCUT2D eigenvalue weighted by Crippen LogP contribution is -2.48. The van der Waals surface area contributed by atoms with Gasteiger partial charge in [0.15, 0.2) is 0 Å². The molecule has 0 N–H and O–H groups in total. The third kappa shape index (κ3) is 4.57. The maximum atomic E-state index is 14.2. The lowest BCUT2D eigenvalue weighted by molar-refractivity contribution is -0.120. The molecule has 4 aromatic rings. The molecule has 3 aromatic carbocycles. The Morgan fingerprint density at radius 1 is 0.865 bits per heavy atom. The Morgan fingerprint density at radius 2 is 1.54 bits per heavy atom. The Balaban J connectivity index is 1.54. The molecule has 5 rings (SSSR count). The number of hydrogen-bond donors (Lipinski definition) is 0. The summed E-state index contributed by atoms with van der Waals surface area (Å²) < 4.78 is 2.16. The maximum absolute atomic E-state index is 14.2. The highest BCUT2D eigenvalue weighted by atomic mass is 16.2. The lowest BCUT2D eigenvalue weighted by atomic mass is 9.97. The van der Waals surface area contributed by atoms with E-state index in [1.165, 1.54) is 11.1 Å². The summed E-state index contributed by atoms with van der Waals surface area (Å²) in [6.45, 7) is 8.05. The van der Waals surface area contributed by atoms with Crippen molar-refractivity contribution in [3.8, 4) is 5.69 Å². The molecule has 2 amide bonds. The van der Waals surface area contributed by atoms with Crippen LogP contribution in [0.4, 0.5) is 5.69 Å². The van der Waals surface area contributed by atoms with Crippen molar-refractivity contribution in [3.63, 3.8) is 0 Å². The second kappa shape index (κ2) is 10.1. The Bertz CT molecular complexity index is 1420. The van der Waals surface area contributed by atoms with E-state index in [-0.39, 0.29) is 30.4 Å². The average Bonchev–Trinajstić information content (AvgIpc) is 3.41. The van der Waals surface area contributed by atoms with Crippen LogP contribution in [0.2, 0.25) is 0 Å². The van der Waals surface area contributed by atoms with Gasteiger partial charge in [-0.25, -0.2) is 0 Å². The fraction of sp³-hybridized carbons (Fsp3) is 0.250. The summed E-state index contributed by atoms with van der Waals surface area (Å²) in [4.78, 5) is 31.3. The van der Waals surface area contributed by atoms with Gasteiger partial charge < -0.3 is 9.47 Å². The van der Waals surface area contributed by atoms with E-state index in [9.17, 15) is 9.59 Å². The molecule has 37 heavy (non-hydrogen) atoms. The summed E-state index contributed by atoms with van der Waals surface area (Å²) in [5, 5.41) is 0. The van der Waals surface area contributed by atoms with E-state index < -0.39 is 0 Å². The van der Waals surface area contributed by atoms with Crippen LogP contribution >= 0.6 is 0 Å². The van der Waals surface area contributed by atoms with Crippen LogP contribution in [0.3, 0.4) is 0 Å². The summed E-state index contributed by atoms with van der Waals surface area (Å²) in [7, 11) is 0. The number of hydrogen-bond acceptors (Lipinski definition) is 2. The van der Waals surface area contributed by atoms with Gasteiger partial charge in [-0.15, -0.1) is 0 Å². The average molecular weight is 492 g/mol. The summed E-state index contributed by atoms with van der Waals surface area (Å²) >= 11 is 0. The van der Waals surface area contributed by atoms with Gasteiger partial charge in [0.25, 0.3) is 5.91 Å². The van der Waals surface area contributed by atoms with E-state index >= 15 is 0 Å². The lowest BCUT2D eigenvalue weighted by Gasteiger charge is -2.40. The molecule has 1 aromatic heterocycles. The predicted molar refractivity (Wildman–Crippen MR) is 148 cm³/mol. The van der Waals surface area contributed by atoms with E-state index in [0.29, 0.717) is 5.56 Å². The minimum Gasteiger partial charge on any atom is -0.327 e. The number of amides is 2. The van der Waals surface area contributed by atoms with Crippen LogP contribution in [0.5, 0.6) is 0 Å². The molecule has 1 atom stereocenters. The van der Waals surface area contributed by atoms with Crippen LogP contribution in [0.15, 0.2) is 91.1 Å². The molecule has 0 aliphatic carbocycles. The molecule has 0 spiro atoms. The molecule has 5 nitrogen and oxygen atoms in total.